The zero-order chi connectivity index (χ0) is 12.0. The summed E-state index contributed by atoms with van der Waals surface area (Å²) in [4.78, 5) is 12.1. The molecule has 16 heavy (non-hydrogen) atoms. The van der Waals surface area contributed by atoms with Crippen molar-refractivity contribution in [2.45, 2.75) is 46.1 Å². The fourth-order valence-corrected chi connectivity index (χ4v) is 3.02. The van der Waals surface area contributed by atoms with Crippen molar-refractivity contribution >= 4 is 28.8 Å². The number of halogens is 1. The number of hydrogen-bond acceptors (Lipinski definition) is 3. The van der Waals surface area contributed by atoms with Crippen molar-refractivity contribution in [2.24, 2.45) is 10.8 Å². The van der Waals surface area contributed by atoms with Gasteiger partial charge in [-0.1, -0.05) is 20.8 Å². The molecule has 1 atom stereocenters. The second kappa shape index (κ2) is 4.12. The van der Waals surface area contributed by atoms with Gasteiger partial charge in [-0.15, -0.1) is 0 Å². The van der Waals surface area contributed by atoms with Crippen LogP contribution in [0.4, 0.5) is 0 Å². The highest BCUT2D eigenvalue weighted by Crippen LogP contribution is 2.47. The van der Waals surface area contributed by atoms with Crippen LogP contribution in [0.15, 0.2) is 0 Å². The van der Waals surface area contributed by atoms with Crippen molar-refractivity contribution in [2.75, 3.05) is 13.1 Å². The van der Waals surface area contributed by atoms with Crippen molar-refractivity contribution in [1.29, 1.82) is 0 Å². The Hall–Kier alpha value is 0.160. The zero-order valence-corrected chi connectivity index (χ0v) is 12.4. The van der Waals surface area contributed by atoms with Crippen LogP contribution in [-0.2, 0) is 9.53 Å². The number of carbonyl (C=O) groups excluding carboxylic acids is 1. The zero-order valence-electron chi connectivity index (χ0n) is 10.3. The minimum absolute atomic E-state index is 0.0527. The van der Waals surface area contributed by atoms with Gasteiger partial charge in [-0.05, 0) is 18.3 Å². The van der Waals surface area contributed by atoms with Gasteiger partial charge in [0.05, 0.1) is 5.41 Å². The predicted molar refractivity (Wildman–Crippen MR) is 71.2 cm³/mol. The molecule has 2 fully saturated rings. The lowest BCUT2D eigenvalue weighted by atomic mass is 9.73. The van der Waals surface area contributed by atoms with E-state index in [2.05, 4.69) is 46.7 Å². The van der Waals surface area contributed by atoms with Crippen LogP contribution in [0.25, 0.3) is 0 Å². The Labute approximate surface area is 111 Å². The van der Waals surface area contributed by atoms with Gasteiger partial charge in [0.1, 0.15) is 6.10 Å². The van der Waals surface area contributed by atoms with Crippen molar-refractivity contribution in [1.82, 2.24) is 3.11 Å². The Kier molecular flexibility index (Phi) is 3.25. The average molecular weight is 337 g/mol. The van der Waals surface area contributed by atoms with E-state index in [0.717, 1.165) is 32.4 Å². The lowest BCUT2D eigenvalue weighted by molar-refractivity contribution is -0.152. The van der Waals surface area contributed by atoms with E-state index in [1.54, 1.807) is 0 Å². The van der Waals surface area contributed by atoms with Crippen LogP contribution < -0.4 is 0 Å². The summed E-state index contributed by atoms with van der Waals surface area (Å²) in [7, 11) is 0. The van der Waals surface area contributed by atoms with Gasteiger partial charge in [0.25, 0.3) is 0 Å². The molecule has 2 rings (SSSR count). The molecule has 2 aliphatic rings. The van der Waals surface area contributed by atoms with Gasteiger partial charge in [0.2, 0.25) is 0 Å². The van der Waals surface area contributed by atoms with Gasteiger partial charge < -0.3 is 4.74 Å². The van der Waals surface area contributed by atoms with Crippen LogP contribution in [0.3, 0.4) is 0 Å². The molecule has 0 aromatic heterocycles. The van der Waals surface area contributed by atoms with Crippen LogP contribution in [0.1, 0.15) is 40.0 Å². The van der Waals surface area contributed by atoms with Crippen molar-refractivity contribution in [3.8, 4) is 0 Å². The van der Waals surface area contributed by atoms with Gasteiger partial charge in [-0.2, -0.15) is 0 Å². The minimum Gasteiger partial charge on any atom is -0.461 e. The Balaban J connectivity index is 2.10. The number of hydrogen-bond donors (Lipinski definition) is 0. The van der Waals surface area contributed by atoms with E-state index in [1.165, 1.54) is 0 Å². The summed E-state index contributed by atoms with van der Waals surface area (Å²) in [6.07, 6.45) is 2.93. The van der Waals surface area contributed by atoms with E-state index in [4.69, 9.17) is 4.74 Å². The maximum atomic E-state index is 12.1. The van der Waals surface area contributed by atoms with E-state index in [1.807, 2.05) is 0 Å². The Bertz CT molecular complexity index is 290. The highest BCUT2D eigenvalue weighted by atomic mass is 127. The normalized spacial score (nSPS) is 30.8. The third-order valence-electron chi connectivity index (χ3n) is 3.89. The summed E-state index contributed by atoms with van der Waals surface area (Å²) < 4.78 is 7.86. The van der Waals surface area contributed by atoms with Gasteiger partial charge >= 0.3 is 5.97 Å². The van der Waals surface area contributed by atoms with E-state index < -0.39 is 0 Å². The van der Waals surface area contributed by atoms with Crippen LogP contribution in [0, 0.1) is 10.8 Å². The Morgan fingerprint density at radius 2 is 1.94 bits per heavy atom. The minimum atomic E-state index is -0.167. The molecule has 0 aliphatic carbocycles. The first-order valence-electron chi connectivity index (χ1n) is 5.95. The average Bonchev–Trinajstić information content (AvgIpc) is 2.50. The summed E-state index contributed by atoms with van der Waals surface area (Å²) in [6, 6.07) is 0. The SMILES string of the molecule is CC(C)(C)C1CC2(CCN(I)CC2)C(=O)O1. The molecule has 2 aliphatic heterocycles. The smallest absolute Gasteiger partial charge is 0.312 e. The molecular formula is C12H20INO2. The number of cyclic esters (lactones) is 1. The van der Waals surface area contributed by atoms with Crippen LogP contribution in [0.5, 0.6) is 0 Å². The highest BCUT2D eigenvalue weighted by Gasteiger charge is 2.52. The third kappa shape index (κ3) is 2.23. The molecule has 0 amide bonds. The van der Waals surface area contributed by atoms with Gasteiger partial charge in [-0.25, -0.2) is 3.11 Å². The molecule has 3 nitrogen and oxygen atoms in total. The number of carbonyl (C=O) groups is 1. The molecule has 0 radical (unpaired) electrons. The molecule has 4 heteroatoms. The molecule has 0 aromatic carbocycles. The second-order valence-corrected chi connectivity index (χ2v) is 7.52. The molecule has 0 saturated carbocycles. The molecule has 92 valence electrons. The van der Waals surface area contributed by atoms with Crippen molar-refractivity contribution in [3.63, 3.8) is 0 Å². The molecule has 0 aromatic rings. The van der Waals surface area contributed by atoms with Crippen LogP contribution >= 0.6 is 22.9 Å². The van der Waals surface area contributed by atoms with Gasteiger partial charge in [-0.3, -0.25) is 4.79 Å². The molecule has 1 unspecified atom stereocenters. The van der Waals surface area contributed by atoms with Gasteiger partial charge in [0, 0.05) is 42.4 Å². The summed E-state index contributed by atoms with van der Waals surface area (Å²) in [5.41, 5.74) is -0.0970. The standard InChI is InChI=1S/C12H20INO2/c1-11(2,3)9-8-12(10(15)16-9)4-6-14(13)7-5-12/h9H,4-8H2,1-3H3. The Morgan fingerprint density at radius 1 is 1.38 bits per heavy atom. The number of ether oxygens (including phenoxy) is 1. The summed E-state index contributed by atoms with van der Waals surface area (Å²) >= 11 is 2.34. The van der Waals surface area contributed by atoms with E-state index in [0.29, 0.717) is 0 Å². The maximum Gasteiger partial charge on any atom is 0.312 e. The quantitative estimate of drug-likeness (QED) is 0.387. The number of rotatable bonds is 0. The molecule has 2 saturated heterocycles. The summed E-state index contributed by atoms with van der Waals surface area (Å²) in [5, 5.41) is 0. The number of esters is 1. The highest BCUT2D eigenvalue weighted by molar-refractivity contribution is 14.1. The fourth-order valence-electron chi connectivity index (χ4n) is 2.53. The summed E-state index contributed by atoms with van der Waals surface area (Å²) in [5.74, 6) is 0.0527. The number of piperidine rings is 1. The third-order valence-corrected chi connectivity index (χ3v) is 4.86. The van der Waals surface area contributed by atoms with Gasteiger partial charge in [0.15, 0.2) is 0 Å². The molecular weight excluding hydrogens is 317 g/mol. The van der Waals surface area contributed by atoms with E-state index >= 15 is 0 Å². The predicted octanol–water partition coefficient (Wildman–Crippen LogP) is 2.78. The van der Waals surface area contributed by atoms with Crippen LogP contribution in [0.2, 0.25) is 0 Å². The first-order chi connectivity index (χ1) is 7.33. The topological polar surface area (TPSA) is 29.5 Å². The van der Waals surface area contributed by atoms with E-state index in [9.17, 15) is 4.79 Å². The second-order valence-electron chi connectivity index (χ2n) is 6.15. The van der Waals surface area contributed by atoms with Crippen LogP contribution in [-0.4, -0.2) is 28.3 Å². The maximum absolute atomic E-state index is 12.1. The Morgan fingerprint density at radius 3 is 2.38 bits per heavy atom. The first-order valence-corrected chi connectivity index (χ1v) is 6.92. The molecule has 2 heterocycles. The molecule has 0 N–H and O–H groups in total. The van der Waals surface area contributed by atoms with Crippen molar-refractivity contribution in [3.05, 3.63) is 0 Å². The molecule has 1 spiro atoms. The fraction of sp³-hybridized carbons (Fsp3) is 0.917. The lowest BCUT2D eigenvalue weighted by Gasteiger charge is -2.33. The largest absolute Gasteiger partial charge is 0.461 e. The lowest BCUT2D eigenvalue weighted by Crippen LogP contribution is -2.38. The van der Waals surface area contributed by atoms with E-state index in [-0.39, 0.29) is 22.9 Å². The van der Waals surface area contributed by atoms with Crippen molar-refractivity contribution < 1.29 is 9.53 Å². The first kappa shape index (κ1) is 12.6. The molecule has 0 bridgehead atoms. The summed E-state index contributed by atoms with van der Waals surface area (Å²) in [6.45, 7) is 8.46. The number of nitrogens with zero attached hydrogens (tertiary/aromatic N) is 1. The monoisotopic (exact) mass is 337 g/mol.